The van der Waals surface area contributed by atoms with E-state index in [-0.39, 0.29) is 0 Å². The van der Waals surface area contributed by atoms with Gasteiger partial charge in [0.05, 0.1) is 6.61 Å². The highest BCUT2D eigenvalue weighted by Crippen LogP contribution is 2.29. The summed E-state index contributed by atoms with van der Waals surface area (Å²) in [5.74, 6) is 2.42. The quantitative estimate of drug-likeness (QED) is 0.885. The fraction of sp³-hybridized carbons (Fsp3) is 0.500. The van der Waals surface area contributed by atoms with Crippen LogP contribution in [0.3, 0.4) is 0 Å². The van der Waals surface area contributed by atoms with Gasteiger partial charge in [-0.05, 0) is 30.5 Å². The Morgan fingerprint density at radius 3 is 3.05 bits per heavy atom. The van der Waals surface area contributed by atoms with Gasteiger partial charge in [-0.25, -0.2) is 0 Å². The molecule has 112 valence electrons. The number of hydrogen-bond acceptors (Lipinski definition) is 5. The molecule has 3 rings (SSSR count). The van der Waals surface area contributed by atoms with Crippen LogP contribution in [0.15, 0.2) is 22.7 Å². The average Bonchev–Trinajstić information content (AvgIpc) is 3.11. The zero-order valence-corrected chi connectivity index (χ0v) is 12.6. The van der Waals surface area contributed by atoms with Gasteiger partial charge in [-0.2, -0.15) is 4.98 Å². The Kier molecular flexibility index (Phi) is 4.20. The van der Waals surface area contributed by atoms with Gasteiger partial charge in [0, 0.05) is 25.4 Å². The summed E-state index contributed by atoms with van der Waals surface area (Å²) in [7, 11) is 0. The van der Waals surface area contributed by atoms with Gasteiger partial charge < -0.3 is 14.6 Å². The van der Waals surface area contributed by atoms with Crippen molar-refractivity contribution in [3.8, 4) is 5.75 Å². The molecule has 1 aromatic heterocycles. The maximum Gasteiger partial charge on any atom is 0.227 e. The first-order valence-corrected chi connectivity index (χ1v) is 7.54. The zero-order chi connectivity index (χ0) is 14.7. The number of hydrogen-bond donors (Lipinski definition) is 1. The first kappa shape index (κ1) is 14.1. The first-order chi connectivity index (χ1) is 10.3. The van der Waals surface area contributed by atoms with Gasteiger partial charge in [0.2, 0.25) is 5.89 Å². The lowest BCUT2D eigenvalue weighted by molar-refractivity contribution is 0.356. The van der Waals surface area contributed by atoms with Crippen LogP contribution in [-0.4, -0.2) is 23.3 Å². The molecule has 0 spiro atoms. The van der Waals surface area contributed by atoms with Crippen molar-refractivity contribution in [1.82, 2.24) is 15.5 Å². The predicted octanol–water partition coefficient (Wildman–Crippen LogP) is 2.60. The summed E-state index contributed by atoms with van der Waals surface area (Å²) in [5.41, 5.74) is 2.64. The molecular formula is C16H21N3O2. The van der Waals surface area contributed by atoms with E-state index < -0.39 is 0 Å². The van der Waals surface area contributed by atoms with Gasteiger partial charge in [0.1, 0.15) is 5.75 Å². The molecule has 2 aromatic rings. The van der Waals surface area contributed by atoms with Gasteiger partial charge in [-0.3, -0.25) is 0 Å². The molecule has 1 unspecified atom stereocenters. The van der Waals surface area contributed by atoms with E-state index in [2.05, 4.69) is 40.6 Å². The Hall–Kier alpha value is -1.88. The molecule has 21 heavy (non-hydrogen) atoms. The van der Waals surface area contributed by atoms with Crippen LogP contribution in [0.2, 0.25) is 0 Å². The van der Waals surface area contributed by atoms with Gasteiger partial charge in [-0.1, -0.05) is 24.2 Å². The average molecular weight is 287 g/mol. The molecule has 0 fully saturated rings. The number of nitrogens with one attached hydrogen (secondary N) is 1. The largest absolute Gasteiger partial charge is 0.493 e. The molecule has 0 amide bonds. The molecule has 0 radical (unpaired) electrons. The molecule has 2 heterocycles. The number of fused-ring (bicyclic) bond motifs is 1. The lowest BCUT2D eigenvalue weighted by atomic mass is 10.0. The number of aryl methyl sites for hydroxylation is 1. The highest BCUT2D eigenvalue weighted by Gasteiger charge is 2.16. The summed E-state index contributed by atoms with van der Waals surface area (Å²) < 4.78 is 10.7. The Morgan fingerprint density at radius 2 is 2.29 bits per heavy atom. The summed E-state index contributed by atoms with van der Waals surface area (Å²) in [6.45, 7) is 5.66. The minimum absolute atomic E-state index is 0.347. The standard InChI is InChI=1S/C16H21N3O2/c1-3-14(17-8-6-16-18-11(2)19-21-16)12-4-5-15-13(10-12)7-9-20-15/h4-5,10,14,17H,3,6-9H2,1-2H3. The summed E-state index contributed by atoms with van der Waals surface area (Å²) in [4.78, 5) is 4.22. The van der Waals surface area contributed by atoms with Crippen LogP contribution in [0.1, 0.15) is 42.2 Å². The Balaban J connectivity index is 1.59. The molecule has 0 bridgehead atoms. The predicted molar refractivity (Wildman–Crippen MR) is 79.4 cm³/mol. The van der Waals surface area contributed by atoms with E-state index in [1.165, 1.54) is 11.1 Å². The van der Waals surface area contributed by atoms with Gasteiger partial charge in [0.15, 0.2) is 5.82 Å². The monoisotopic (exact) mass is 287 g/mol. The third kappa shape index (κ3) is 3.24. The van der Waals surface area contributed by atoms with E-state index in [1.807, 2.05) is 6.92 Å². The summed E-state index contributed by atoms with van der Waals surface area (Å²) >= 11 is 0. The summed E-state index contributed by atoms with van der Waals surface area (Å²) in [5, 5.41) is 7.37. The second-order valence-corrected chi connectivity index (χ2v) is 5.37. The van der Waals surface area contributed by atoms with Crippen molar-refractivity contribution in [2.45, 2.75) is 39.2 Å². The Labute approximate surface area is 124 Å². The number of rotatable bonds is 6. The summed E-state index contributed by atoms with van der Waals surface area (Å²) in [6.07, 6.45) is 2.81. The maximum atomic E-state index is 5.56. The Bertz CT molecular complexity index is 609. The van der Waals surface area contributed by atoms with E-state index in [4.69, 9.17) is 9.26 Å². The van der Waals surface area contributed by atoms with E-state index >= 15 is 0 Å². The van der Waals surface area contributed by atoms with Crippen molar-refractivity contribution in [3.63, 3.8) is 0 Å². The maximum absolute atomic E-state index is 5.56. The molecule has 1 N–H and O–H groups in total. The molecule has 5 nitrogen and oxygen atoms in total. The van der Waals surface area contributed by atoms with Crippen LogP contribution < -0.4 is 10.1 Å². The van der Waals surface area contributed by atoms with E-state index in [1.54, 1.807) is 0 Å². The van der Waals surface area contributed by atoms with Crippen molar-refractivity contribution in [2.75, 3.05) is 13.2 Å². The molecule has 1 aliphatic rings. The lowest BCUT2D eigenvalue weighted by Gasteiger charge is -2.17. The van der Waals surface area contributed by atoms with Crippen molar-refractivity contribution in [2.24, 2.45) is 0 Å². The van der Waals surface area contributed by atoms with Crippen LogP contribution in [0, 0.1) is 6.92 Å². The van der Waals surface area contributed by atoms with Crippen molar-refractivity contribution in [3.05, 3.63) is 41.0 Å². The second-order valence-electron chi connectivity index (χ2n) is 5.37. The fourth-order valence-corrected chi connectivity index (χ4v) is 2.72. The minimum Gasteiger partial charge on any atom is -0.493 e. The smallest absolute Gasteiger partial charge is 0.227 e. The molecule has 1 aliphatic heterocycles. The van der Waals surface area contributed by atoms with Crippen LogP contribution >= 0.6 is 0 Å². The number of benzene rings is 1. The third-order valence-corrected chi connectivity index (χ3v) is 3.82. The van der Waals surface area contributed by atoms with E-state index in [0.29, 0.717) is 17.8 Å². The van der Waals surface area contributed by atoms with Gasteiger partial charge in [0.25, 0.3) is 0 Å². The second kappa shape index (κ2) is 6.26. The lowest BCUT2D eigenvalue weighted by Crippen LogP contribution is -2.23. The highest BCUT2D eigenvalue weighted by molar-refractivity contribution is 5.40. The minimum atomic E-state index is 0.347. The molecule has 0 saturated heterocycles. The summed E-state index contributed by atoms with van der Waals surface area (Å²) in [6, 6.07) is 6.85. The Morgan fingerprint density at radius 1 is 1.38 bits per heavy atom. The molecule has 5 heteroatoms. The molecule has 1 aromatic carbocycles. The third-order valence-electron chi connectivity index (χ3n) is 3.82. The number of ether oxygens (including phenoxy) is 1. The molecule has 0 saturated carbocycles. The highest BCUT2D eigenvalue weighted by atomic mass is 16.5. The molecular weight excluding hydrogens is 266 g/mol. The molecule has 1 atom stereocenters. The van der Waals surface area contributed by atoms with E-state index in [0.717, 1.165) is 38.2 Å². The fourth-order valence-electron chi connectivity index (χ4n) is 2.72. The first-order valence-electron chi connectivity index (χ1n) is 7.54. The van der Waals surface area contributed by atoms with E-state index in [9.17, 15) is 0 Å². The van der Waals surface area contributed by atoms with Crippen LogP contribution in [-0.2, 0) is 12.8 Å². The number of nitrogens with zero attached hydrogens (tertiary/aromatic N) is 2. The number of aromatic nitrogens is 2. The normalized spacial score (nSPS) is 14.8. The molecule has 0 aliphatic carbocycles. The van der Waals surface area contributed by atoms with Gasteiger partial charge >= 0.3 is 0 Å². The van der Waals surface area contributed by atoms with Crippen LogP contribution in [0.25, 0.3) is 0 Å². The van der Waals surface area contributed by atoms with Gasteiger partial charge in [-0.15, -0.1) is 0 Å². The van der Waals surface area contributed by atoms with Crippen LogP contribution in [0.5, 0.6) is 5.75 Å². The zero-order valence-electron chi connectivity index (χ0n) is 12.6. The van der Waals surface area contributed by atoms with Crippen molar-refractivity contribution < 1.29 is 9.26 Å². The topological polar surface area (TPSA) is 60.2 Å². The SMILES string of the molecule is CCC(NCCc1nc(C)no1)c1ccc2c(c1)CCO2. The van der Waals surface area contributed by atoms with Crippen molar-refractivity contribution in [1.29, 1.82) is 0 Å². The van der Waals surface area contributed by atoms with Crippen molar-refractivity contribution >= 4 is 0 Å². The van der Waals surface area contributed by atoms with Crippen LogP contribution in [0.4, 0.5) is 0 Å².